The predicted molar refractivity (Wildman–Crippen MR) is 327 cm³/mol. The van der Waals surface area contributed by atoms with E-state index in [-0.39, 0.29) is 92.7 Å². The number of carbonyl (C=O) groups excluding carboxylic acids is 10. The van der Waals surface area contributed by atoms with E-state index in [4.69, 9.17) is 11.1 Å². The number of rotatable bonds is 33. The van der Waals surface area contributed by atoms with E-state index in [1.165, 1.54) is 72.2 Å². The third-order valence-electron chi connectivity index (χ3n) is 15.1. The first kappa shape index (κ1) is 72.9. The van der Waals surface area contributed by atoms with Crippen molar-refractivity contribution in [2.24, 2.45) is 17.6 Å². The van der Waals surface area contributed by atoms with Crippen molar-refractivity contribution in [3.05, 3.63) is 59.7 Å². The maximum absolute atomic E-state index is 14.6. The number of carbonyl (C=O) groups is 10. The second-order valence-corrected chi connectivity index (χ2v) is 23.7. The number of hydrogen-bond acceptors (Lipinski definition) is 18. The largest absolute Gasteiger partial charge is 0.508 e. The summed E-state index contributed by atoms with van der Waals surface area (Å²) >= 11 is 4.31. The highest BCUT2D eigenvalue weighted by molar-refractivity contribution is 7.80. The van der Waals surface area contributed by atoms with Crippen molar-refractivity contribution in [2.75, 3.05) is 32.0 Å². The lowest BCUT2D eigenvalue weighted by atomic mass is 9.92. The molecule has 12 atom stereocenters. The molecule has 17 N–H and O–H groups in total. The number of hydrogen-bond donors (Lipinski definition) is 17. The highest BCUT2D eigenvalue weighted by Crippen LogP contribution is 2.27. The number of phenols is 2. The predicted octanol–water partition coefficient (Wildman–Crippen LogP) is -2.55. The minimum atomic E-state index is -1.78. The number of amides is 9. The van der Waals surface area contributed by atoms with Crippen LogP contribution in [-0.4, -0.2) is 211 Å². The Bertz CT molecular complexity index is 2740. The number of aliphatic hydroxyl groups is 3. The summed E-state index contributed by atoms with van der Waals surface area (Å²) in [6.07, 6.45) is -1.71. The molecule has 88 heavy (non-hydrogen) atoms. The van der Waals surface area contributed by atoms with Gasteiger partial charge in [-0.2, -0.15) is 12.6 Å². The molecular formula is C59H91N13O15S. The van der Waals surface area contributed by atoms with E-state index < -0.39 is 138 Å². The summed E-state index contributed by atoms with van der Waals surface area (Å²) in [5.41, 5.74) is 6.38. The molecule has 28 nitrogen and oxygen atoms in total. The number of guanidine groups is 1. The number of benzene rings is 2. The molecule has 2 saturated heterocycles. The van der Waals surface area contributed by atoms with Gasteiger partial charge in [-0.1, -0.05) is 65.8 Å². The van der Waals surface area contributed by atoms with Gasteiger partial charge in [0, 0.05) is 50.2 Å². The molecule has 488 valence electrons. The van der Waals surface area contributed by atoms with Gasteiger partial charge in [-0.25, -0.2) is 0 Å². The lowest BCUT2D eigenvalue weighted by molar-refractivity contribution is -0.148. The third-order valence-corrected chi connectivity index (χ3v) is 15.5. The molecular weight excluding hydrogens is 1160 g/mol. The van der Waals surface area contributed by atoms with Gasteiger partial charge in [0.15, 0.2) is 11.7 Å². The number of Topliss-reactive ketones (excluding diaryl/α,β-unsaturated/α-hetero) is 1. The molecule has 0 aliphatic carbocycles. The van der Waals surface area contributed by atoms with Crippen LogP contribution in [0.1, 0.15) is 105 Å². The third kappa shape index (κ3) is 21.6. The Kier molecular flexibility index (Phi) is 28.8. The number of ketones is 1. The van der Waals surface area contributed by atoms with E-state index in [0.29, 0.717) is 30.4 Å². The molecule has 9 amide bonds. The number of phenolic OH excluding ortho intramolecular Hbond substituents is 2. The number of thiol groups is 1. The van der Waals surface area contributed by atoms with Gasteiger partial charge in [0.25, 0.3) is 0 Å². The first-order valence-corrected chi connectivity index (χ1v) is 30.4. The molecule has 2 fully saturated rings. The van der Waals surface area contributed by atoms with Crippen LogP contribution in [0.2, 0.25) is 0 Å². The minimum absolute atomic E-state index is 0.0498. The summed E-state index contributed by atoms with van der Waals surface area (Å²) in [6, 6.07) is -1.96. The van der Waals surface area contributed by atoms with Crippen molar-refractivity contribution in [3.8, 4) is 11.5 Å². The zero-order valence-electron chi connectivity index (χ0n) is 51.2. The van der Waals surface area contributed by atoms with Crippen LogP contribution in [0.4, 0.5) is 0 Å². The molecule has 0 radical (unpaired) electrons. The number of nitrogens with two attached hydrogens (primary N) is 1. The van der Waals surface area contributed by atoms with Gasteiger partial charge in [-0.05, 0) is 93.7 Å². The van der Waals surface area contributed by atoms with Crippen molar-refractivity contribution in [1.29, 1.82) is 5.41 Å². The van der Waals surface area contributed by atoms with Crippen LogP contribution in [-0.2, 0) is 60.8 Å². The molecule has 2 aliphatic rings. The zero-order chi connectivity index (χ0) is 65.7. The van der Waals surface area contributed by atoms with Gasteiger partial charge in [-0.3, -0.25) is 53.4 Å². The van der Waals surface area contributed by atoms with Crippen molar-refractivity contribution >= 4 is 77.5 Å². The van der Waals surface area contributed by atoms with E-state index >= 15 is 0 Å². The Balaban J connectivity index is 1.48. The fourth-order valence-corrected chi connectivity index (χ4v) is 10.5. The number of aliphatic hydroxyl groups excluding tert-OH is 3. The van der Waals surface area contributed by atoms with Crippen molar-refractivity contribution in [2.45, 2.75) is 185 Å². The smallest absolute Gasteiger partial charge is 0.246 e. The van der Waals surface area contributed by atoms with E-state index in [1.807, 2.05) is 13.8 Å². The second-order valence-electron chi connectivity index (χ2n) is 23.3. The number of nitrogens with one attached hydrogen (secondary N) is 10. The van der Waals surface area contributed by atoms with Crippen LogP contribution in [0.25, 0.3) is 0 Å². The van der Waals surface area contributed by atoms with Crippen LogP contribution < -0.4 is 53.6 Å². The minimum Gasteiger partial charge on any atom is -0.508 e. The number of aromatic hydroxyl groups is 2. The van der Waals surface area contributed by atoms with Crippen LogP contribution in [0.3, 0.4) is 0 Å². The molecule has 2 unspecified atom stereocenters. The molecule has 0 spiro atoms. The topological polar surface area (TPSA) is 436 Å². The fourth-order valence-electron chi connectivity index (χ4n) is 10.3. The summed E-state index contributed by atoms with van der Waals surface area (Å²) in [5.74, 6) is -9.28. The summed E-state index contributed by atoms with van der Waals surface area (Å²) < 4.78 is 0. The van der Waals surface area contributed by atoms with Gasteiger partial charge < -0.3 is 88.9 Å². The maximum Gasteiger partial charge on any atom is 0.246 e. The molecule has 0 saturated carbocycles. The average molecular weight is 1250 g/mol. The molecule has 2 heterocycles. The van der Waals surface area contributed by atoms with E-state index in [2.05, 4.69) is 60.5 Å². The Morgan fingerprint density at radius 2 is 1.03 bits per heavy atom. The number of likely N-dealkylation sites (tertiary alicyclic amines) is 2. The van der Waals surface area contributed by atoms with E-state index in [1.54, 1.807) is 27.7 Å². The van der Waals surface area contributed by atoms with Crippen LogP contribution in [0.15, 0.2) is 48.5 Å². The van der Waals surface area contributed by atoms with Crippen LogP contribution in [0.5, 0.6) is 11.5 Å². The van der Waals surface area contributed by atoms with Crippen molar-refractivity contribution in [3.63, 3.8) is 0 Å². The quantitative estimate of drug-likeness (QED) is 0.0151. The van der Waals surface area contributed by atoms with Gasteiger partial charge >= 0.3 is 0 Å². The maximum atomic E-state index is 14.6. The lowest BCUT2D eigenvalue weighted by Crippen LogP contribution is -2.62. The summed E-state index contributed by atoms with van der Waals surface area (Å²) in [4.78, 5) is 142. The van der Waals surface area contributed by atoms with Crippen LogP contribution in [0, 0.1) is 17.2 Å². The van der Waals surface area contributed by atoms with Gasteiger partial charge in [0.2, 0.25) is 53.2 Å². The first-order valence-electron chi connectivity index (χ1n) is 29.7. The Morgan fingerprint density at radius 1 is 0.591 bits per heavy atom. The molecule has 4 rings (SSSR count). The summed E-state index contributed by atoms with van der Waals surface area (Å²) in [7, 11) is 0. The molecule has 29 heteroatoms. The van der Waals surface area contributed by atoms with Gasteiger partial charge in [0.05, 0.1) is 30.9 Å². The van der Waals surface area contributed by atoms with Gasteiger partial charge in [0.1, 0.15) is 59.8 Å². The van der Waals surface area contributed by atoms with Crippen molar-refractivity contribution in [1.82, 2.24) is 57.7 Å². The Hall–Kier alpha value is -7.60. The van der Waals surface area contributed by atoms with Gasteiger partial charge in [-0.15, -0.1) is 0 Å². The molecule has 2 aromatic rings. The van der Waals surface area contributed by atoms with Crippen molar-refractivity contribution < 1.29 is 73.5 Å². The molecule has 2 aliphatic heterocycles. The highest BCUT2D eigenvalue weighted by atomic mass is 32.1. The highest BCUT2D eigenvalue weighted by Gasteiger charge is 2.45. The summed E-state index contributed by atoms with van der Waals surface area (Å²) in [5, 5.41) is 82.9. The normalized spacial score (nSPS) is 18.3. The standard InChI is InChI=1S/C59H91N13O15S/c1-30(2)46(49(78)31(3)4)68-56(85)48(34(8)75)70-52(81)41(27-36-17-21-38(77)22-18-36)65-54(83)44-13-10-24-71(44)58(87)45-14-11-25-72(45)57(86)43(29-88)67-53(82)42(28-73)66-55(84)47(33(7)74)69-51(80)40(26-35-15-19-37(76)20-16-35)64-50(79)39(63-32(5)6)12-9-23-62-59(60)61/h15-22,30-34,39-48,63,73-77,88H,9-14,23-29H2,1-8H3,(H,64,79)(H,65,83)(H,66,84)(H,67,82)(H,68,85)(H,69,80)(H,70,81)(H4,60,61,62)/t33-,34-,39+,40+,41+,42+,43+,44+,45+,46+,47?,48?/m1/s1. The van der Waals surface area contributed by atoms with E-state index in [0.717, 1.165) is 0 Å². The Morgan fingerprint density at radius 3 is 1.50 bits per heavy atom. The first-order chi connectivity index (χ1) is 41.5. The fraction of sp³-hybridized carbons (Fsp3) is 0.610. The number of nitrogens with zero attached hydrogens (tertiary/aromatic N) is 2. The molecule has 0 bridgehead atoms. The summed E-state index contributed by atoms with van der Waals surface area (Å²) in [6.45, 7) is 12.3. The molecule has 0 aromatic heterocycles. The average Bonchev–Trinajstić information content (AvgIpc) is 3.99. The molecule has 2 aromatic carbocycles. The SMILES string of the molecule is CC(C)N[C@@H](CCCNC(=N)N)C(=O)N[C@@H](Cc1ccc(O)cc1)C(=O)NC(C(=O)N[C@@H](CO)C(=O)N[C@@H](CS)C(=O)N1CCC[C@H]1C(=O)N1CCC[C@H]1C(=O)N[C@@H](Cc1ccc(O)cc1)C(=O)NC(C(=O)N[C@H](C(=O)C(C)C)C(C)C)[C@@H](C)O)[C@@H](C)O. The zero-order valence-corrected chi connectivity index (χ0v) is 52.1. The monoisotopic (exact) mass is 1250 g/mol. The van der Waals surface area contributed by atoms with E-state index in [9.17, 15) is 73.5 Å². The second kappa shape index (κ2) is 34.8. The lowest BCUT2D eigenvalue weighted by Gasteiger charge is -2.33. The van der Waals surface area contributed by atoms with Crippen LogP contribution >= 0.6 is 12.6 Å². The Labute approximate surface area is 518 Å².